The molecular weight excluding hydrogens is 250 g/mol. The zero-order valence-corrected chi connectivity index (χ0v) is 12.8. The van der Waals surface area contributed by atoms with Crippen LogP contribution in [0.2, 0.25) is 0 Å². The van der Waals surface area contributed by atoms with Crippen LogP contribution in [0.25, 0.3) is 0 Å². The summed E-state index contributed by atoms with van der Waals surface area (Å²) in [7, 11) is 0. The summed E-state index contributed by atoms with van der Waals surface area (Å²) >= 11 is 0. The molecule has 1 aliphatic heterocycles. The number of nitrogens with zero attached hydrogens (tertiary/aromatic N) is 1. The molecule has 0 spiro atoms. The first kappa shape index (κ1) is 14.9. The van der Waals surface area contributed by atoms with Crippen LogP contribution < -0.4 is 4.74 Å². The summed E-state index contributed by atoms with van der Waals surface area (Å²) in [5.74, 6) is 1.12. The molecular formula is C17H25NO2. The number of benzene rings is 1. The molecule has 3 heteroatoms. The fourth-order valence-corrected chi connectivity index (χ4v) is 2.74. The maximum Gasteiger partial charge on any atom is 0.226 e. The molecule has 0 radical (unpaired) electrons. The van der Waals surface area contributed by atoms with Gasteiger partial charge in [0.15, 0.2) is 0 Å². The van der Waals surface area contributed by atoms with Crippen molar-refractivity contribution in [3.8, 4) is 5.75 Å². The number of aryl methyl sites for hydroxylation is 1. The number of carbonyl (C=O) groups excluding carboxylic acids is 1. The molecule has 1 fully saturated rings. The molecule has 0 aromatic heterocycles. The Bertz CT molecular complexity index is 470. The van der Waals surface area contributed by atoms with Gasteiger partial charge in [-0.15, -0.1) is 0 Å². The molecule has 0 bridgehead atoms. The molecule has 1 unspecified atom stereocenters. The largest absolute Gasteiger partial charge is 0.493 e. The maximum absolute atomic E-state index is 12.2. The summed E-state index contributed by atoms with van der Waals surface area (Å²) in [5.41, 5.74) is 2.38. The monoisotopic (exact) mass is 275 g/mol. The second-order valence-electron chi connectivity index (χ2n) is 5.73. The zero-order chi connectivity index (χ0) is 14.5. The van der Waals surface area contributed by atoms with Crippen LogP contribution >= 0.6 is 0 Å². The lowest BCUT2D eigenvalue weighted by Gasteiger charge is -2.33. The van der Waals surface area contributed by atoms with Crippen molar-refractivity contribution in [2.24, 2.45) is 0 Å². The van der Waals surface area contributed by atoms with Crippen LogP contribution in [0.3, 0.4) is 0 Å². The summed E-state index contributed by atoms with van der Waals surface area (Å²) in [5, 5.41) is 0. The summed E-state index contributed by atoms with van der Waals surface area (Å²) < 4.78 is 5.77. The number of carbonyl (C=O) groups is 1. The Kier molecular flexibility index (Phi) is 5.05. The number of amides is 1. The normalized spacial score (nSPS) is 18.9. The Morgan fingerprint density at radius 2 is 2.15 bits per heavy atom. The van der Waals surface area contributed by atoms with Gasteiger partial charge in [-0.3, -0.25) is 4.79 Å². The van der Waals surface area contributed by atoms with Crippen molar-refractivity contribution < 1.29 is 9.53 Å². The van der Waals surface area contributed by atoms with E-state index >= 15 is 0 Å². The second-order valence-corrected chi connectivity index (χ2v) is 5.73. The SMILES string of the molecule is Cc1cccc(OCCC(=O)N2CCCCC2C)c1C. The molecule has 3 nitrogen and oxygen atoms in total. The number of ether oxygens (including phenoxy) is 1. The maximum atomic E-state index is 12.2. The molecule has 110 valence electrons. The second kappa shape index (κ2) is 6.78. The highest BCUT2D eigenvalue weighted by molar-refractivity contribution is 5.76. The summed E-state index contributed by atoms with van der Waals surface area (Å²) in [6, 6.07) is 6.42. The fourth-order valence-electron chi connectivity index (χ4n) is 2.74. The average Bonchev–Trinajstić information content (AvgIpc) is 2.44. The van der Waals surface area contributed by atoms with E-state index in [4.69, 9.17) is 4.74 Å². The summed E-state index contributed by atoms with van der Waals surface area (Å²) in [6.07, 6.45) is 3.97. The summed E-state index contributed by atoms with van der Waals surface area (Å²) in [4.78, 5) is 14.2. The van der Waals surface area contributed by atoms with Crippen molar-refractivity contribution in [2.75, 3.05) is 13.2 Å². The van der Waals surface area contributed by atoms with E-state index in [-0.39, 0.29) is 5.91 Å². The fraction of sp³-hybridized carbons (Fsp3) is 0.588. The van der Waals surface area contributed by atoms with E-state index < -0.39 is 0 Å². The predicted molar refractivity (Wildman–Crippen MR) is 81.1 cm³/mol. The van der Waals surface area contributed by atoms with Crippen LogP contribution in [0.4, 0.5) is 0 Å². The number of hydrogen-bond acceptors (Lipinski definition) is 2. The molecule has 1 aliphatic rings. The van der Waals surface area contributed by atoms with E-state index in [0.717, 1.165) is 30.7 Å². The quantitative estimate of drug-likeness (QED) is 0.842. The zero-order valence-electron chi connectivity index (χ0n) is 12.8. The molecule has 1 amide bonds. The van der Waals surface area contributed by atoms with Crippen LogP contribution in [-0.4, -0.2) is 30.0 Å². The topological polar surface area (TPSA) is 29.5 Å². The van der Waals surface area contributed by atoms with Gasteiger partial charge in [-0.1, -0.05) is 12.1 Å². The molecule has 0 aliphatic carbocycles. The van der Waals surface area contributed by atoms with Gasteiger partial charge in [-0.25, -0.2) is 0 Å². The first-order valence-electron chi connectivity index (χ1n) is 7.58. The Labute approximate surface area is 121 Å². The molecule has 1 saturated heterocycles. The lowest BCUT2D eigenvalue weighted by atomic mass is 10.0. The highest BCUT2D eigenvalue weighted by atomic mass is 16.5. The minimum Gasteiger partial charge on any atom is -0.493 e. The number of rotatable bonds is 4. The molecule has 2 rings (SSSR count). The van der Waals surface area contributed by atoms with Gasteiger partial charge in [0.2, 0.25) is 5.91 Å². The van der Waals surface area contributed by atoms with Gasteiger partial charge in [0.1, 0.15) is 5.75 Å². The molecule has 0 saturated carbocycles. The third-order valence-corrected chi connectivity index (χ3v) is 4.25. The van der Waals surface area contributed by atoms with E-state index in [1.54, 1.807) is 0 Å². The Balaban J connectivity index is 1.83. The number of hydrogen-bond donors (Lipinski definition) is 0. The van der Waals surface area contributed by atoms with Crippen LogP contribution in [0, 0.1) is 13.8 Å². The first-order chi connectivity index (χ1) is 9.59. The molecule has 20 heavy (non-hydrogen) atoms. The van der Waals surface area contributed by atoms with Gasteiger partial charge in [-0.05, 0) is 57.2 Å². The molecule has 1 atom stereocenters. The number of likely N-dealkylation sites (tertiary alicyclic amines) is 1. The smallest absolute Gasteiger partial charge is 0.226 e. The van der Waals surface area contributed by atoms with E-state index in [2.05, 4.69) is 26.8 Å². The number of piperidine rings is 1. The highest BCUT2D eigenvalue weighted by Gasteiger charge is 2.22. The van der Waals surface area contributed by atoms with Gasteiger partial charge in [0.25, 0.3) is 0 Å². The van der Waals surface area contributed by atoms with Gasteiger partial charge in [0, 0.05) is 12.6 Å². The van der Waals surface area contributed by atoms with Crippen LogP contribution in [0.15, 0.2) is 18.2 Å². The summed E-state index contributed by atoms with van der Waals surface area (Å²) in [6.45, 7) is 7.64. The lowest BCUT2D eigenvalue weighted by Crippen LogP contribution is -2.42. The van der Waals surface area contributed by atoms with Gasteiger partial charge in [-0.2, -0.15) is 0 Å². The van der Waals surface area contributed by atoms with Crippen LogP contribution in [-0.2, 0) is 4.79 Å². The first-order valence-corrected chi connectivity index (χ1v) is 7.58. The van der Waals surface area contributed by atoms with Gasteiger partial charge < -0.3 is 9.64 Å². The third-order valence-electron chi connectivity index (χ3n) is 4.25. The molecule has 1 heterocycles. The van der Waals surface area contributed by atoms with Crippen molar-refractivity contribution in [2.45, 2.75) is 52.5 Å². The Morgan fingerprint density at radius 1 is 1.35 bits per heavy atom. The molecule has 1 aromatic rings. The molecule has 0 N–H and O–H groups in total. The molecule has 1 aromatic carbocycles. The Hall–Kier alpha value is -1.51. The van der Waals surface area contributed by atoms with Crippen molar-refractivity contribution in [3.05, 3.63) is 29.3 Å². The van der Waals surface area contributed by atoms with Crippen molar-refractivity contribution >= 4 is 5.91 Å². The van der Waals surface area contributed by atoms with Crippen LogP contribution in [0.1, 0.15) is 43.7 Å². The lowest BCUT2D eigenvalue weighted by molar-refractivity contribution is -0.134. The average molecular weight is 275 g/mol. The van der Waals surface area contributed by atoms with E-state index in [9.17, 15) is 4.79 Å². The minimum atomic E-state index is 0.225. The van der Waals surface area contributed by atoms with E-state index in [1.807, 2.05) is 17.0 Å². The highest BCUT2D eigenvalue weighted by Crippen LogP contribution is 2.21. The standard InChI is InChI=1S/C17H25NO2/c1-13-7-6-9-16(15(13)3)20-12-10-17(19)18-11-5-4-8-14(18)2/h6-7,9,14H,4-5,8,10-12H2,1-3H3. The van der Waals surface area contributed by atoms with Crippen LogP contribution in [0.5, 0.6) is 5.75 Å². The van der Waals surface area contributed by atoms with E-state index in [0.29, 0.717) is 19.1 Å². The van der Waals surface area contributed by atoms with E-state index in [1.165, 1.54) is 12.0 Å². The predicted octanol–water partition coefficient (Wildman–Crippen LogP) is 3.47. The third kappa shape index (κ3) is 3.53. The van der Waals surface area contributed by atoms with Crippen molar-refractivity contribution in [1.82, 2.24) is 4.90 Å². The Morgan fingerprint density at radius 3 is 2.90 bits per heavy atom. The van der Waals surface area contributed by atoms with Crippen molar-refractivity contribution in [3.63, 3.8) is 0 Å². The van der Waals surface area contributed by atoms with Gasteiger partial charge >= 0.3 is 0 Å². The van der Waals surface area contributed by atoms with Crippen molar-refractivity contribution in [1.29, 1.82) is 0 Å². The van der Waals surface area contributed by atoms with Gasteiger partial charge in [0.05, 0.1) is 13.0 Å². The minimum absolute atomic E-state index is 0.225.